The topological polar surface area (TPSA) is 9.72 Å². The Bertz CT molecular complexity index is 532. The predicted molar refractivity (Wildman–Crippen MR) is 97.8 cm³/mol. The van der Waals surface area contributed by atoms with Gasteiger partial charge in [0.15, 0.2) is 0 Å². The van der Waals surface area contributed by atoms with Crippen LogP contribution in [0.4, 0.5) is 0 Å². The molecular formula is C20H33N3. The van der Waals surface area contributed by atoms with Crippen molar-refractivity contribution in [3.8, 4) is 0 Å². The minimum Gasteiger partial charge on any atom is -0.304 e. The fraction of sp³-hybridized carbons (Fsp3) is 0.700. The third kappa shape index (κ3) is 4.14. The van der Waals surface area contributed by atoms with Crippen molar-refractivity contribution in [3.05, 3.63) is 34.4 Å². The van der Waals surface area contributed by atoms with Crippen LogP contribution in [0, 0.1) is 13.8 Å². The summed E-state index contributed by atoms with van der Waals surface area (Å²) in [6.45, 7) is 15.2. The molecule has 2 saturated heterocycles. The van der Waals surface area contributed by atoms with E-state index in [-0.39, 0.29) is 0 Å². The highest BCUT2D eigenvalue weighted by Crippen LogP contribution is 2.24. The number of rotatable bonds is 4. The molecule has 3 nitrogen and oxygen atoms in total. The number of likely N-dealkylation sites (N-methyl/N-ethyl adjacent to an activating group) is 1. The molecule has 0 radical (unpaired) electrons. The second-order valence-electron chi connectivity index (χ2n) is 7.75. The number of hydrogen-bond donors (Lipinski definition) is 0. The van der Waals surface area contributed by atoms with Crippen molar-refractivity contribution < 1.29 is 0 Å². The zero-order chi connectivity index (χ0) is 16.4. The van der Waals surface area contributed by atoms with Gasteiger partial charge in [-0.25, -0.2) is 0 Å². The number of likely N-dealkylation sites (tertiary alicyclic amines) is 1. The maximum absolute atomic E-state index is 2.65. The molecule has 0 amide bonds. The van der Waals surface area contributed by atoms with Crippen molar-refractivity contribution >= 4 is 0 Å². The lowest BCUT2D eigenvalue weighted by Gasteiger charge is -2.33. The summed E-state index contributed by atoms with van der Waals surface area (Å²) in [6.07, 6.45) is 2.72. The Morgan fingerprint density at radius 3 is 2.17 bits per heavy atom. The molecule has 0 saturated carbocycles. The first-order chi connectivity index (χ1) is 11.0. The van der Waals surface area contributed by atoms with Gasteiger partial charge in [-0.05, 0) is 69.5 Å². The Balaban J connectivity index is 1.71. The van der Waals surface area contributed by atoms with Crippen molar-refractivity contribution in [2.24, 2.45) is 0 Å². The Labute approximate surface area is 142 Å². The van der Waals surface area contributed by atoms with Gasteiger partial charge >= 0.3 is 0 Å². The van der Waals surface area contributed by atoms with Gasteiger partial charge in [0.1, 0.15) is 0 Å². The fourth-order valence-electron chi connectivity index (χ4n) is 3.98. The Morgan fingerprint density at radius 1 is 0.913 bits per heavy atom. The van der Waals surface area contributed by atoms with Gasteiger partial charge in [-0.2, -0.15) is 0 Å². The van der Waals surface area contributed by atoms with Crippen LogP contribution in [0.1, 0.15) is 42.0 Å². The van der Waals surface area contributed by atoms with E-state index in [4.69, 9.17) is 0 Å². The minimum absolute atomic E-state index is 0.747. The molecule has 0 N–H and O–H groups in total. The summed E-state index contributed by atoms with van der Waals surface area (Å²) in [6, 6.07) is 5.65. The van der Waals surface area contributed by atoms with Gasteiger partial charge in [0.2, 0.25) is 0 Å². The van der Waals surface area contributed by atoms with Gasteiger partial charge in [0, 0.05) is 45.3 Å². The van der Waals surface area contributed by atoms with Crippen LogP contribution in [-0.2, 0) is 13.1 Å². The number of hydrogen-bond acceptors (Lipinski definition) is 3. The summed E-state index contributed by atoms with van der Waals surface area (Å²) in [4.78, 5) is 7.69. The average molecular weight is 316 g/mol. The van der Waals surface area contributed by atoms with Crippen LogP contribution in [0.25, 0.3) is 0 Å². The van der Waals surface area contributed by atoms with E-state index in [0.29, 0.717) is 0 Å². The normalized spacial score (nSPS) is 24.4. The lowest BCUT2D eigenvalue weighted by Crippen LogP contribution is -2.44. The number of piperazine rings is 1. The summed E-state index contributed by atoms with van der Waals surface area (Å²) in [5.74, 6) is 0. The van der Waals surface area contributed by atoms with Crippen molar-refractivity contribution in [2.45, 2.75) is 52.7 Å². The van der Waals surface area contributed by atoms with Crippen LogP contribution in [0.15, 0.2) is 12.1 Å². The van der Waals surface area contributed by atoms with E-state index in [1.807, 2.05) is 0 Å². The largest absolute Gasteiger partial charge is 0.304 e. The maximum atomic E-state index is 2.65. The molecule has 0 aromatic heterocycles. The molecule has 2 fully saturated rings. The molecule has 2 aliphatic rings. The molecule has 3 rings (SSSR count). The number of benzene rings is 1. The molecule has 0 aliphatic carbocycles. The third-order valence-electron chi connectivity index (χ3n) is 5.85. The van der Waals surface area contributed by atoms with Crippen molar-refractivity contribution in [2.75, 3.05) is 39.8 Å². The van der Waals surface area contributed by atoms with E-state index in [9.17, 15) is 0 Å². The van der Waals surface area contributed by atoms with Gasteiger partial charge < -0.3 is 4.90 Å². The van der Waals surface area contributed by atoms with Crippen LogP contribution in [0.2, 0.25) is 0 Å². The van der Waals surface area contributed by atoms with Crippen LogP contribution >= 0.6 is 0 Å². The van der Waals surface area contributed by atoms with E-state index < -0.39 is 0 Å². The summed E-state index contributed by atoms with van der Waals surface area (Å²) in [5.41, 5.74) is 5.99. The lowest BCUT2D eigenvalue weighted by atomic mass is 9.98. The Morgan fingerprint density at radius 2 is 1.57 bits per heavy atom. The monoisotopic (exact) mass is 315 g/mol. The first kappa shape index (κ1) is 16.9. The quantitative estimate of drug-likeness (QED) is 0.845. The van der Waals surface area contributed by atoms with E-state index in [1.54, 1.807) is 0 Å². The van der Waals surface area contributed by atoms with E-state index in [0.717, 1.165) is 19.1 Å². The third-order valence-corrected chi connectivity index (χ3v) is 5.85. The summed E-state index contributed by atoms with van der Waals surface area (Å²) < 4.78 is 0. The molecule has 3 heteroatoms. The molecular weight excluding hydrogens is 282 g/mol. The van der Waals surface area contributed by atoms with Gasteiger partial charge in [0.25, 0.3) is 0 Å². The highest BCUT2D eigenvalue weighted by molar-refractivity contribution is 5.37. The Hall–Kier alpha value is -0.900. The van der Waals surface area contributed by atoms with Crippen LogP contribution in [0.5, 0.6) is 0 Å². The second-order valence-corrected chi connectivity index (χ2v) is 7.75. The summed E-state index contributed by atoms with van der Waals surface area (Å²) in [7, 11) is 2.23. The smallest absolute Gasteiger partial charge is 0.0239 e. The molecule has 128 valence electrons. The summed E-state index contributed by atoms with van der Waals surface area (Å²) >= 11 is 0. The summed E-state index contributed by atoms with van der Waals surface area (Å²) in [5, 5.41) is 0. The molecule has 23 heavy (non-hydrogen) atoms. The van der Waals surface area contributed by atoms with E-state index in [2.05, 4.69) is 54.7 Å². The number of nitrogens with zero attached hydrogens (tertiary/aromatic N) is 3. The van der Waals surface area contributed by atoms with Crippen molar-refractivity contribution in [1.29, 1.82) is 0 Å². The van der Waals surface area contributed by atoms with Crippen LogP contribution < -0.4 is 0 Å². The fourth-order valence-corrected chi connectivity index (χ4v) is 3.98. The highest BCUT2D eigenvalue weighted by Gasteiger charge is 2.21. The van der Waals surface area contributed by atoms with Crippen LogP contribution in [0.3, 0.4) is 0 Å². The predicted octanol–water partition coefficient (Wildman–Crippen LogP) is 3.04. The first-order valence-corrected chi connectivity index (χ1v) is 9.27. The van der Waals surface area contributed by atoms with E-state index >= 15 is 0 Å². The van der Waals surface area contributed by atoms with E-state index in [1.165, 1.54) is 67.8 Å². The molecule has 1 atom stereocenters. The van der Waals surface area contributed by atoms with Crippen LogP contribution in [-0.4, -0.2) is 60.5 Å². The van der Waals surface area contributed by atoms with Gasteiger partial charge in [-0.3, -0.25) is 9.80 Å². The second kappa shape index (κ2) is 7.33. The SMILES string of the molecule is Cc1cc(C)c(CN2CCC[C@@H]2C)cc1CN1CCN(C)CC1. The first-order valence-electron chi connectivity index (χ1n) is 9.27. The average Bonchev–Trinajstić information content (AvgIpc) is 2.91. The molecule has 0 spiro atoms. The minimum atomic E-state index is 0.747. The van der Waals surface area contributed by atoms with Gasteiger partial charge in [-0.15, -0.1) is 0 Å². The molecule has 2 heterocycles. The zero-order valence-corrected chi connectivity index (χ0v) is 15.4. The van der Waals surface area contributed by atoms with Gasteiger partial charge in [-0.1, -0.05) is 12.1 Å². The maximum Gasteiger partial charge on any atom is 0.0239 e. The molecule has 1 aromatic rings. The standard InChI is InChI=1S/C20H33N3/c1-16-12-17(2)20(15-23-7-5-6-18(23)3)13-19(16)14-22-10-8-21(4)9-11-22/h12-13,18H,5-11,14-15H2,1-4H3/t18-/m0/s1. The Kier molecular flexibility index (Phi) is 5.40. The molecule has 0 unspecified atom stereocenters. The zero-order valence-electron chi connectivity index (χ0n) is 15.4. The van der Waals surface area contributed by atoms with Gasteiger partial charge in [0.05, 0.1) is 0 Å². The molecule has 1 aromatic carbocycles. The highest BCUT2D eigenvalue weighted by atomic mass is 15.2. The molecule has 0 bridgehead atoms. The number of aryl methyl sites for hydroxylation is 2. The lowest BCUT2D eigenvalue weighted by molar-refractivity contribution is 0.148. The van der Waals surface area contributed by atoms with Crippen molar-refractivity contribution in [1.82, 2.24) is 14.7 Å². The van der Waals surface area contributed by atoms with Crippen molar-refractivity contribution in [3.63, 3.8) is 0 Å². The molecule has 2 aliphatic heterocycles.